The molecule has 27 heavy (non-hydrogen) atoms. The molecule has 6 nitrogen and oxygen atoms in total. The van der Waals surface area contributed by atoms with Crippen LogP contribution in [0.25, 0.3) is 0 Å². The van der Waals surface area contributed by atoms with Crippen molar-refractivity contribution in [3.8, 4) is 11.5 Å². The highest BCUT2D eigenvalue weighted by molar-refractivity contribution is 5.64. The number of benzene rings is 2. The van der Waals surface area contributed by atoms with Gasteiger partial charge in [0.2, 0.25) is 5.95 Å². The van der Waals surface area contributed by atoms with Gasteiger partial charge in [-0.05, 0) is 42.3 Å². The summed E-state index contributed by atoms with van der Waals surface area (Å²) in [6.45, 7) is 0.675. The van der Waals surface area contributed by atoms with Crippen molar-refractivity contribution >= 4 is 17.5 Å². The second-order valence-electron chi connectivity index (χ2n) is 5.76. The Balaban J connectivity index is 1.62. The van der Waals surface area contributed by atoms with Crippen molar-refractivity contribution in [3.63, 3.8) is 0 Å². The summed E-state index contributed by atoms with van der Waals surface area (Å²) in [4.78, 5) is 8.69. The van der Waals surface area contributed by atoms with Crippen LogP contribution >= 0.6 is 0 Å². The molecule has 3 rings (SSSR count). The number of nitrogens with one attached hydrogen (secondary N) is 2. The van der Waals surface area contributed by atoms with Crippen LogP contribution in [0.15, 0.2) is 54.7 Å². The van der Waals surface area contributed by atoms with Gasteiger partial charge < -0.3 is 20.1 Å². The molecule has 0 bridgehead atoms. The minimum atomic E-state index is -0.229. The summed E-state index contributed by atoms with van der Waals surface area (Å²) in [5.74, 6) is 2.25. The van der Waals surface area contributed by atoms with Crippen LogP contribution in [-0.2, 0) is 6.42 Å². The number of rotatable bonds is 8. The van der Waals surface area contributed by atoms with Crippen LogP contribution < -0.4 is 20.1 Å². The zero-order valence-corrected chi connectivity index (χ0v) is 15.2. The van der Waals surface area contributed by atoms with Crippen molar-refractivity contribution in [2.45, 2.75) is 6.42 Å². The lowest BCUT2D eigenvalue weighted by atomic mass is 10.1. The highest BCUT2D eigenvalue weighted by Crippen LogP contribution is 2.30. The van der Waals surface area contributed by atoms with E-state index in [9.17, 15) is 4.39 Å². The number of anilines is 3. The van der Waals surface area contributed by atoms with Crippen LogP contribution in [0.2, 0.25) is 0 Å². The average molecular weight is 368 g/mol. The molecule has 2 aromatic carbocycles. The van der Waals surface area contributed by atoms with Gasteiger partial charge in [0.25, 0.3) is 0 Å². The number of hydrogen-bond acceptors (Lipinski definition) is 6. The van der Waals surface area contributed by atoms with Crippen LogP contribution in [-0.4, -0.2) is 30.7 Å². The normalized spacial score (nSPS) is 10.3. The molecule has 0 atom stereocenters. The minimum absolute atomic E-state index is 0.229. The molecule has 0 spiro atoms. The first-order valence-electron chi connectivity index (χ1n) is 8.48. The fourth-order valence-corrected chi connectivity index (χ4v) is 2.53. The summed E-state index contributed by atoms with van der Waals surface area (Å²) in [5, 5.41) is 6.39. The molecule has 0 saturated carbocycles. The fourth-order valence-electron chi connectivity index (χ4n) is 2.53. The highest BCUT2D eigenvalue weighted by Gasteiger charge is 2.07. The number of halogens is 1. The van der Waals surface area contributed by atoms with Gasteiger partial charge >= 0.3 is 0 Å². The first kappa shape index (κ1) is 18.4. The maximum absolute atomic E-state index is 12.9. The van der Waals surface area contributed by atoms with Crippen molar-refractivity contribution in [1.82, 2.24) is 9.97 Å². The van der Waals surface area contributed by atoms with Crippen LogP contribution in [0.3, 0.4) is 0 Å². The Hall–Kier alpha value is -3.35. The molecule has 1 heterocycles. The van der Waals surface area contributed by atoms with Crippen molar-refractivity contribution in [2.75, 3.05) is 31.4 Å². The zero-order valence-electron chi connectivity index (χ0n) is 15.2. The van der Waals surface area contributed by atoms with Gasteiger partial charge in [-0.15, -0.1) is 0 Å². The molecule has 3 aromatic rings. The molecule has 0 aliphatic heterocycles. The minimum Gasteiger partial charge on any atom is -0.497 e. The molecule has 1 aromatic heterocycles. The predicted octanol–water partition coefficient (Wildman–Crippen LogP) is 4.03. The van der Waals surface area contributed by atoms with Crippen molar-refractivity contribution in [2.24, 2.45) is 0 Å². The second kappa shape index (κ2) is 8.84. The van der Waals surface area contributed by atoms with E-state index in [-0.39, 0.29) is 5.82 Å². The van der Waals surface area contributed by atoms with Crippen molar-refractivity contribution < 1.29 is 13.9 Å². The largest absolute Gasteiger partial charge is 0.497 e. The molecule has 0 fully saturated rings. The SMILES string of the molecule is COc1ccc(Nc2nccc(NCCc3ccc(F)cc3)n2)c(OC)c1. The molecule has 2 N–H and O–H groups in total. The fraction of sp³-hybridized carbons (Fsp3) is 0.200. The Morgan fingerprint density at radius 1 is 1.00 bits per heavy atom. The highest BCUT2D eigenvalue weighted by atomic mass is 19.1. The molecule has 0 radical (unpaired) electrons. The van der Waals surface area contributed by atoms with E-state index in [1.165, 1.54) is 12.1 Å². The summed E-state index contributed by atoms with van der Waals surface area (Å²) >= 11 is 0. The van der Waals surface area contributed by atoms with E-state index in [0.717, 1.165) is 17.7 Å². The molecular formula is C20H21FN4O2. The Morgan fingerprint density at radius 3 is 2.56 bits per heavy atom. The molecule has 0 amide bonds. The lowest BCUT2D eigenvalue weighted by molar-refractivity contribution is 0.395. The van der Waals surface area contributed by atoms with Crippen LogP contribution in [0.4, 0.5) is 21.8 Å². The summed E-state index contributed by atoms with van der Waals surface area (Å²) in [5.41, 5.74) is 1.79. The quantitative estimate of drug-likeness (QED) is 0.626. The Bertz CT molecular complexity index is 887. The number of nitrogens with zero attached hydrogens (tertiary/aromatic N) is 2. The maximum atomic E-state index is 12.9. The van der Waals surface area contributed by atoms with Gasteiger partial charge in [0.15, 0.2) is 0 Å². The van der Waals surface area contributed by atoms with E-state index in [1.54, 1.807) is 44.7 Å². The summed E-state index contributed by atoms with van der Waals surface area (Å²) in [6, 6.07) is 13.7. The number of methoxy groups -OCH3 is 2. The molecule has 0 saturated heterocycles. The molecule has 7 heteroatoms. The van der Waals surface area contributed by atoms with Crippen LogP contribution in [0.1, 0.15) is 5.56 Å². The Labute approximate surface area is 157 Å². The van der Waals surface area contributed by atoms with E-state index >= 15 is 0 Å². The zero-order chi connectivity index (χ0) is 19.1. The van der Waals surface area contributed by atoms with Crippen LogP contribution in [0, 0.1) is 5.82 Å². The van der Waals surface area contributed by atoms with Gasteiger partial charge in [-0.1, -0.05) is 12.1 Å². The molecule has 0 aliphatic rings. The summed E-state index contributed by atoms with van der Waals surface area (Å²) in [6.07, 6.45) is 2.44. The maximum Gasteiger partial charge on any atom is 0.229 e. The first-order chi connectivity index (χ1) is 13.2. The van der Waals surface area contributed by atoms with E-state index in [2.05, 4.69) is 20.6 Å². The Kier molecular flexibility index (Phi) is 6.04. The number of ether oxygens (including phenoxy) is 2. The molecular weight excluding hydrogens is 347 g/mol. The third-order valence-electron chi connectivity index (χ3n) is 3.94. The first-order valence-corrected chi connectivity index (χ1v) is 8.48. The average Bonchev–Trinajstić information content (AvgIpc) is 2.70. The number of hydrogen-bond donors (Lipinski definition) is 2. The van der Waals surface area contributed by atoms with Gasteiger partial charge in [-0.3, -0.25) is 0 Å². The monoisotopic (exact) mass is 368 g/mol. The third-order valence-corrected chi connectivity index (χ3v) is 3.94. The lowest BCUT2D eigenvalue weighted by Gasteiger charge is -2.12. The van der Waals surface area contributed by atoms with E-state index in [1.807, 2.05) is 12.1 Å². The van der Waals surface area contributed by atoms with Gasteiger partial charge in [0, 0.05) is 18.8 Å². The molecule has 0 unspecified atom stereocenters. The summed E-state index contributed by atoms with van der Waals surface area (Å²) in [7, 11) is 3.19. The smallest absolute Gasteiger partial charge is 0.229 e. The van der Waals surface area contributed by atoms with Crippen molar-refractivity contribution in [3.05, 3.63) is 66.1 Å². The predicted molar refractivity (Wildman–Crippen MR) is 103 cm³/mol. The molecule has 140 valence electrons. The van der Waals surface area contributed by atoms with Gasteiger partial charge in [-0.2, -0.15) is 4.98 Å². The summed E-state index contributed by atoms with van der Waals surface area (Å²) < 4.78 is 23.5. The Morgan fingerprint density at radius 2 is 1.81 bits per heavy atom. The van der Waals surface area contributed by atoms with Gasteiger partial charge in [0.05, 0.1) is 19.9 Å². The topological polar surface area (TPSA) is 68.3 Å². The van der Waals surface area contributed by atoms with Crippen LogP contribution in [0.5, 0.6) is 11.5 Å². The van der Waals surface area contributed by atoms with E-state index in [4.69, 9.17) is 9.47 Å². The van der Waals surface area contributed by atoms with Gasteiger partial charge in [-0.25, -0.2) is 9.37 Å². The lowest BCUT2D eigenvalue weighted by Crippen LogP contribution is -2.08. The number of aromatic nitrogens is 2. The second-order valence-corrected chi connectivity index (χ2v) is 5.76. The third kappa shape index (κ3) is 5.07. The molecule has 0 aliphatic carbocycles. The van der Waals surface area contributed by atoms with E-state index < -0.39 is 0 Å². The van der Waals surface area contributed by atoms with E-state index in [0.29, 0.717) is 29.8 Å². The van der Waals surface area contributed by atoms with Gasteiger partial charge in [0.1, 0.15) is 23.1 Å². The standard InChI is InChI=1S/C20H21FN4O2/c1-26-16-7-8-17(18(13-16)27-2)24-20-23-12-10-19(25-20)22-11-9-14-3-5-15(21)6-4-14/h3-8,10,12-13H,9,11H2,1-2H3,(H2,22,23,24,25). The van der Waals surface area contributed by atoms with Crippen molar-refractivity contribution in [1.29, 1.82) is 0 Å².